The van der Waals surface area contributed by atoms with E-state index in [4.69, 9.17) is 4.74 Å². The van der Waals surface area contributed by atoms with Crippen LogP contribution in [0.5, 0.6) is 0 Å². The highest BCUT2D eigenvalue weighted by molar-refractivity contribution is 7.12. The number of nitrogens with zero attached hydrogens (tertiary/aromatic N) is 1. The smallest absolute Gasteiger partial charge is 0.252 e. The van der Waals surface area contributed by atoms with Crippen LogP contribution in [0.15, 0.2) is 6.07 Å². The summed E-state index contributed by atoms with van der Waals surface area (Å²) in [4.78, 5) is 17.6. The second-order valence-corrected chi connectivity index (χ2v) is 11.5. The van der Waals surface area contributed by atoms with Gasteiger partial charge < -0.3 is 15.0 Å². The van der Waals surface area contributed by atoms with E-state index in [0.717, 1.165) is 58.2 Å². The summed E-state index contributed by atoms with van der Waals surface area (Å²) in [7, 11) is 0. The number of amides is 1. The van der Waals surface area contributed by atoms with Crippen LogP contribution in [0.1, 0.15) is 67.7 Å². The average Bonchev–Trinajstić information content (AvgIpc) is 3.09. The quantitative estimate of drug-likeness (QED) is 0.691. The van der Waals surface area contributed by atoms with Crippen molar-refractivity contribution in [1.29, 1.82) is 0 Å². The van der Waals surface area contributed by atoms with Gasteiger partial charge in [-0.15, -0.1) is 11.3 Å². The molecule has 1 unspecified atom stereocenters. The Labute approximate surface area is 187 Å². The molecule has 0 bridgehead atoms. The predicted molar refractivity (Wildman–Crippen MR) is 118 cm³/mol. The van der Waals surface area contributed by atoms with Gasteiger partial charge in [-0.25, -0.2) is 8.78 Å². The Hall–Kier alpha value is -1.05. The summed E-state index contributed by atoms with van der Waals surface area (Å²) in [5, 5.41) is 2.96. The van der Waals surface area contributed by atoms with Gasteiger partial charge in [0, 0.05) is 60.1 Å². The van der Waals surface area contributed by atoms with E-state index in [1.54, 1.807) is 0 Å². The van der Waals surface area contributed by atoms with Crippen molar-refractivity contribution in [2.24, 2.45) is 11.8 Å². The van der Waals surface area contributed by atoms with Gasteiger partial charge in [-0.05, 0) is 56.6 Å². The van der Waals surface area contributed by atoms with Crippen LogP contribution < -0.4 is 5.32 Å². The third kappa shape index (κ3) is 4.30. The Balaban J connectivity index is 1.10. The van der Waals surface area contributed by atoms with Crippen LogP contribution in [0.2, 0.25) is 0 Å². The highest BCUT2D eigenvalue weighted by atomic mass is 32.1. The molecule has 3 fully saturated rings. The number of rotatable bonds is 6. The molecule has 0 radical (unpaired) electrons. The number of hydrogen-bond acceptors (Lipinski definition) is 4. The summed E-state index contributed by atoms with van der Waals surface area (Å²) in [6.07, 6.45) is 6.01. The molecular formula is C24H34F2N2O2S. The SMILES string of the molecule is CCc1cc2c(s1)CCO[C@@]21CCN(C[C@H]2C[C@@H](NC(=O)CC3CC3(F)F)C2)[C@@H](C)C1. The first-order valence-corrected chi connectivity index (χ1v) is 12.8. The summed E-state index contributed by atoms with van der Waals surface area (Å²) in [5.74, 6) is -2.96. The molecule has 5 rings (SSSR count). The Bertz CT molecular complexity index is 838. The third-order valence-corrected chi connectivity index (χ3v) is 9.28. The number of likely N-dealkylation sites (tertiary alicyclic amines) is 1. The monoisotopic (exact) mass is 452 g/mol. The number of thiophene rings is 1. The Morgan fingerprint density at radius 2 is 2.13 bits per heavy atom. The highest BCUT2D eigenvalue weighted by Gasteiger charge is 2.57. The number of ether oxygens (including phenoxy) is 1. The van der Waals surface area contributed by atoms with Crippen LogP contribution in [0.25, 0.3) is 0 Å². The van der Waals surface area contributed by atoms with E-state index in [0.29, 0.717) is 12.0 Å². The number of piperidine rings is 1. The first-order chi connectivity index (χ1) is 14.8. The predicted octanol–water partition coefficient (Wildman–Crippen LogP) is 4.50. The number of alkyl halides is 2. The first kappa shape index (κ1) is 21.8. The zero-order valence-corrected chi connectivity index (χ0v) is 19.4. The van der Waals surface area contributed by atoms with E-state index in [1.165, 1.54) is 15.3 Å². The minimum absolute atomic E-state index is 0.0241. The second-order valence-electron chi connectivity index (χ2n) is 10.3. The van der Waals surface area contributed by atoms with E-state index >= 15 is 0 Å². The number of nitrogens with one attached hydrogen (secondary N) is 1. The molecule has 3 heterocycles. The number of carbonyl (C=O) groups excluding carboxylic acids is 1. The molecule has 4 aliphatic rings. The van der Waals surface area contributed by atoms with Gasteiger partial charge in [0.1, 0.15) is 0 Å². The topological polar surface area (TPSA) is 41.6 Å². The van der Waals surface area contributed by atoms with E-state index in [1.807, 2.05) is 11.3 Å². The van der Waals surface area contributed by atoms with Crippen molar-refractivity contribution in [3.8, 4) is 0 Å². The van der Waals surface area contributed by atoms with Crippen molar-refractivity contribution >= 4 is 17.2 Å². The molecule has 172 valence electrons. The molecule has 1 spiro atoms. The summed E-state index contributed by atoms with van der Waals surface area (Å²) >= 11 is 1.97. The van der Waals surface area contributed by atoms with E-state index in [-0.39, 0.29) is 30.4 Å². The Morgan fingerprint density at radius 1 is 1.35 bits per heavy atom. The first-order valence-electron chi connectivity index (χ1n) is 12.0. The van der Waals surface area contributed by atoms with Gasteiger partial charge in [-0.3, -0.25) is 4.79 Å². The Kier molecular flexibility index (Phi) is 5.67. The van der Waals surface area contributed by atoms with Crippen molar-refractivity contribution in [3.05, 3.63) is 21.4 Å². The molecule has 2 aliphatic carbocycles. The maximum absolute atomic E-state index is 13.0. The van der Waals surface area contributed by atoms with Crippen LogP contribution >= 0.6 is 11.3 Å². The van der Waals surface area contributed by atoms with Crippen molar-refractivity contribution in [3.63, 3.8) is 0 Å². The number of hydrogen-bond donors (Lipinski definition) is 1. The number of carbonyl (C=O) groups is 1. The number of halogens is 2. The zero-order chi connectivity index (χ0) is 21.8. The second kappa shape index (κ2) is 8.07. The van der Waals surface area contributed by atoms with Gasteiger partial charge in [0.2, 0.25) is 5.91 Å². The van der Waals surface area contributed by atoms with Crippen molar-refractivity contribution in [1.82, 2.24) is 10.2 Å². The third-order valence-electron chi connectivity index (χ3n) is 7.94. The summed E-state index contributed by atoms with van der Waals surface area (Å²) in [6.45, 7) is 7.48. The van der Waals surface area contributed by atoms with Crippen molar-refractivity contribution in [2.45, 2.75) is 88.8 Å². The Morgan fingerprint density at radius 3 is 2.81 bits per heavy atom. The molecule has 2 aliphatic heterocycles. The van der Waals surface area contributed by atoms with Crippen LogP contribution in [0.4, 0.5) is 8.78 Å². The van der Waals surface area contributed by atoms with Gasteiger partial charge in [-0.1, -0.05) is 6.92 Å². The van der Waals surface area contributed by atoms with E-state index < -0.39 is 11.8 Å². The van der Waals surface area contributed by atoms with Gasteiger partial charge >= 0.3 is 0 Å². The molecule has 1 aromatic rings. The molecule has 7 heteroatoms. The van der Waals surface area contributed by atoms with Gasteiger partial charge in [0.05, 0.1) is 12.2 Å². The van der Waals surface area contributed by atoms with Gasteiger partial charge in [-0.2, -0.15) is 0 Å². The molecular weight excluding hydrogens is 418 g/mol. The lowest BCUT2D eigenvalue weighted by Crippen LogP contribution is -2.54. The zero-order valence-electron chi connectivity index (χ0n) is 18.6. The molecule has 1 saturated heterocycles. The van der Waals surface area contributed by atoms with Crippen molar-refractivity contribution < 1.29 is 18.3 Å². The molecule has 1 amide bonds. The fraction of sp³-hybridized carbons (Fsp3) is 0.792. The molecule has 4 nitrogen and oxygen atoms in total. The number of aryl methyl sites for hydroxylation is 1. The van der Waals surface area contributed by atoms with Crippen LogP contribution in [-0.2, 0) is 28.0 Å². The van der Waals surface area contributed by atoms with Crippen LogP contribution in [0, 0.1) is 11.8 Å². The fourth-order valence-corrected chi connectivity index (χ4v) is 7.06. The van der Waals surface area contributed by atoms with Gasteiger partial charge in [0.15, 0.2) is 0 Å². The lowest BCUT2D eigenvalue weighted by Gasteiger charge is -2.49. The summed E-state index contributed by atoms with van der Waals surface area (Å²) in [6, 6.07) is 3.03. The largest absolute Gasteiger partial charge is 0.370 e. The summed E-state index contributed by atoms with van der Waals surface area (Å²) < 4.78 is 32.4. The number of fused-ring (bicyclic) bond motifs is 2. The van der Waals surface area contributed by atoms with Gasteiger partial charge in [0.25, 0.3) is 5.92 Å². The van der Waals surface area contributed by atoms with Crippen LogP contribution in [0.3, 0.4) is 0 Å². The molecule has 3 atom stereocenters. The highest BCUT2D eigenvalue weighted by Crippen LogP contribution is 2.50. The minimum Gasteiger partial charge on any atom is -0.370 e. The fourth-order valence-electron chi connectivity index (χ4n) is 5.88. The molecule has 31 heavy (non-hydrogen) atoms. The maximum Gasteiger partial charge on any atom is 0.252 e. The molecule has 2 saturated carbocycles. The minimum atomic E-state index is -2.61. The molecule has 1 aromatic heterocycles. The normalized spacial score (nSPS) is 36.6. The van der Waals surface area contributed by atoms with Crippen molar-refractivity contribution in [2.75, 3.05) is 19.7 Å². The average molecular weight is 453 g/mol. The van der Waals surface area contributed by atoms with Crippen LogP contribution in [-0.4, -0.2) is 48.5 Å². The van der Waals surface area contributed by atoms with E-state index in [9.17, 15) is 13.6 Å². The lowest BCUT2D eigenvalue weighted by atomic mass is 9.76. The molecule has 1 N–H and O–H groups in total. The standard InChI is InChI=1S/C24H34F2N2O2S/c1-3-19-11-20-21(31-19)4-7-30-23(20)5-6-28(15(2)12-23)14-16-8-18(9-16)27-22(29)10-17-13-24(17,25)26/h11,15-18H,3-10,12-14H2,1-2H3,(H,27,29)/t15-,16-,17?,18+,23+/m0/s1. The summed E-state index contributed by atoms with van der Waals surface area (Å²) in [5.41, 5.74) is 1.36. The lowest BCUT2D eigenvalue weighted by molar-refractivity contribution is -0.124. The van der Waals surface area contributed by atoms with E-state index in [2.05, 4.69) is 30.1 Å². The maximum atomic E-state index is 13.0. The molecule has 0 aromatic carbocycles.